The lowest BCUT2D eigenvalue weighted by molar-refractivity contribution is -0.100. The molecule has 2 unspecified atom stereocenters. The van der Waals surface area contributed by atoms with Crippen LogP contribution < -0.4 is 5.32 Å². The van der Waals surface area contributed by atoms with E-state index in [1.54, 1.807) is 0 Å². The molecule has 88 valence electrons. The summed E-state index contributed by atoms with van der Waals surface area (Å²) < 4.78 is 5.28. The summed E-state index contributed by atoms with van der Waals surface area (Å²) in [5.74, 6) is 0.824. The summed E-state index contributed by atoms with van der Waals surface area (Å²) in [5, 5.41) is 3.75. The Labute approximate surface area is 93.8 Å². The SMILES string of the molecule is CC1CC(C)(C)CC1NCC1(C)COC1. The molecule has 2 rings (SSSR count). The molecule has 0 radical (unpaired) electrons. The van der Waals surface area contributed by atoms with E-state index in [1.807, 2.05) is 0 Å². The molecule has 2 nitrogen and oxygen atoms in total. The number of rotatable bonds is 3. The molecule has 0 aromatic rings. The fraction of sp³-hybridized carbons (Fsp3) is 1.00. The topological polar surface area (TPSA) is 21.3 Å². The normalized spacial score (nSPS) is 37.6. The molecule has 0 aromatic carbocycles. The molecule has 15 heavy (non-hydrogen) atoms. The van der Waals surface area contributed by atoms with Gasteiger partial charge in [0.25, 0.3) is 0 Å². The van der Waals surface area contributed by atoms with E-state index in [1.165, 1.54) is 12.8 Å². The third-order valence-corrected chi connectivity index (χ3v) is 4.03. The van der Waals surface area contributed by atoms with E-state index in [4.69, 9.17) is 4.74 Å². The van der Waals surface area contributed by atoms with Crippen molar-refractivity contribution >= 4 is 0 Å². The van der Waals surface area contributed by atoms with Gasteiger partial charge in [-0.2, -0.15) is 0 Å². The van der Waals surface area contributed by atoms with E-state index in [9.17, 15) is 0 Å². The van der Waals surface area contributed by atoms with Gasteiger partial charge in [0, 0.05) is 18.0 Å². The molecular formula is C13H25NO. The molecule has 1 heterocycles. The molecule has 2 heteroatoms. The highest BCUT2D eigenvalue weighted by molar-refractivity contribution is 4.93. The van der Waals surface area contributed by atoms with Crippen molar-refractivity contribution < 1.29 is 4.74 Å². The van der Waals surface area contributed by atoms with E-state index in [0.717, 1.165) is 31.7 Å². The molecule has 2 fully saturated rings. The van der Waals surface area contributed by atoms with Crippen molar-refractivity contribution in [3.05, 3.63) is 0 Å². The van der Waals surface area contributed by atoms with Gasteiger partial charge in [0.2, 0.25) is 0 Å². The molecule has 0 bridgehead atoms. The van der Waals surface area contributed by atoms with Gasteiger partial charge in [0.15, 0.2) is 0 Å². The second-order valence-electron chi connectivity index (χ2n) is 6.84. The molecule has 1 aliphatic carbocycles. The summed E-state index contributed by atoms with van der Waals surface area (Å²) in [7, 11) is 0. The lowest BCUT2D eigenvalue weighted by Crippen LogP contribution is -2.50. The van der Waals surface area contributed by atoms with Crippen LogP contribution in [0, 0.1) is 16.7 Å². The van der Waals surface area contributed by atoms with Crippen LogP contribution in [0.4, 0.5) is 0 Å². The predicted molar refractivity (Wildman–Crippen MR) is 62.9 cm³/mol. The molecule has 0 spiro atoms. The maximum absolute atomic E-state index is 5.28. The lowest BCUT2D eigenvalue weighted by atomic mass is 9.88. The second kappa shape index (κ2) is 3.74. The third-order valence-electron chi connectivity index (χ3n) is 4.03. The molecule has 0 aromatic heterocycles. The standard InChI is InChI=1S/C13H25NO/c1-10-5-12(2,3)6-11(10)14-7-13(4)8-15-9-13/h10-11,14H,5-9H2,1-4H3. The van der Waals surface area contributed by atoms with Gasteiger partial charge in [-0.05, 0) is 24.2 Å². The van der Waals surface area contributed by atoms with Crippen LogP contribution in [0.1, 0.15) is 40.5 Å². The fourth-order valence-corrected chi connectivity index (χ4v) is 3.10. The van der Waals surface area contributed by atoms with Crippen molar-refractivity contribution in [1.82, 2.24) is 5.32 Å². The van der Waals surface area contributed by atoms with Crippen LogP contribution >= 0.6 is 0 Å². The monoisotopic (exact) mass is 211 g/mol. The van der Waals surface area contributed by atoms with E-state index < -0.39 is 0 Å². The van der Waals surface area contributed by atoms with Crippen LogP contribution in [0.3, 0.4) is 0 Å². The lowest BCUT2D eigenvalue weighted by Gasteiger charge is -2.39. The van der Waals surface area contributed by atoms with Gasteiger partial charge in [0.1, 0.15) is 0 Å². The zero-order valence-corrected chi connectivity index (χ0v) is 10.6. The highest BCUT2D eigenvalue weighted by Crippen LogP contribution is 2.41. The maximum Gasteiger partial charge on any atom is 0.0554 e. The van der Waals surface area contributed by atoms with E-state index in [2.05, 4.69) is 33.0 Å². The predicted octanol–water partition coefficient (Wildman–Crippen LogP) is 2.44. The number of nitrogens with one attached hydrogen (secondary N) is 1. The summed E-state index contributed by atoms with van der Waals surface area (Å²) in [6.07, 6.45) is 2.68. The number of hydrogen-bond acceptors (Lipinski definition) is 2. The van der Waals surface area contributed by atoms with Crippen LogP contribution in [0.2, 0.25) is 0 Å². The Balaban J connectivity index is 1.80. The van der Waals surface area contributed by atoms with Crippen LogP contribution in [0.5, 0.6) is 0 Å². The van der Waals surface area contributed by atoms with Gasteiger partial charge >= 0.3 is 0 Å². The van der Waals surface area contributed by atoms with Gasteiger partial charge in [-0.3, -0.25) is 0 Å². The summed E-state index contributed by atoms with van der Waals surface area (Å²) in [6.45, 7) is 12.5. The van der Waals surface area contributed by atoms with E-state index >= 15 is 0 Å². The molecule has 1 saturated heterocycles. The molecule has 0 amide bonds. The Kier molecular flexibility index (Phi) is 2.85. The summed E-state index contributed by atoms with van der Waals surface area (Å²) in [5.41, 5.74) is 0.945. The van der Waals surface area contributed by atoms with Crippen molar-refractivity contribution in [2.45, 2.75) is 46.6 Å². The van der Waals surface area contributed by atoms with Gasteiger partial charge in [0.05, 0.1) is 13.2 Å². The first-order valence-corrected chi connectivity index (χ1v) is 6.21. The van der Waals surface area contributed by atoms with E-state index in [0.29, 0.717) is 10.8 Å². The van der Waals surface area contributed by atoms with Crippen molar-refractivity contribution in [1.29, 1.82) is 0 Å². The molecule has 2 aliphatic rings. The summed E-state index contributed by atoms with van der Waals surface area (Å²) in [4.78, 5) is 0. The van der Waals surface area contributed by atoms with Crippen molar-refractivity contribution in [2.75, 3.05) is 19.8 Å². The second-order valence-corrected chi connectivity index (χ2v) is 6.84. The average Bonchev–Trinajstić information content (AvgIpc) is 2.33. The summed E-state index contributed by atoms with van der Waals surface area (Å²) >= 11 is 0. The highest BCUT2D eigenvalue weighted by atomic mass is 16.5. The van der Waals surface area contributed by atoms with Gasteiger partial charge in [-0.1, -0.05) is 27.7 Å². The minimum absolute atomic E-state index is 0.409. The van der Waals surface area contributed by atoms with Gasteiger partial charge in [-0.25, -0.2) is 0 Å². The molecule has 1 N–H and O–H groups in total. The smallest absolute Gasteiger partial charge is 0.0554 e. The Morgan fingerprint density at radius 2 is 1.87 bits per heavy atom. The number of hydrogen-bond donors (Lipinski definition) is 1. The fourth-order valence-electron chi connectivity index (χ4n) is 3.10. The van der Waals surface area contributed by atoms with Crippen LogP contribution in [-0.2, 0) is 4.74 Å². The molecular weight excluding hydrogens is 186 g/mol. The zero-order chi connectivity index (χ0) is 11.1. The Hall–Kier alpha value is -0.0800. The first kappa shape index (κ1) is 11.4. The maximum atomic E-state index is 5.28. The van der Waals surface area contributed by atoms with Gasteiger partial charge in [-0.15, -0.1) is 0 Å². The van der Waals surface area contributed by atoms with Crippen LogP contribution in [0.15, 0.2) is 0 Å². The Morgan fingerprint density at radius 1 is 1.20 bits per heavy atom. The Bertz CT molecular complexity index is 233. The van der Waals surface area contributed by atoms with Crippen molar-refractivity contribution in [3.63, 3.8) is 0 Å². The minimum atomic E-state index is 0.409. The van der Waals surface area contributed by atoms with Crippen LogP contribution in [-0.4, -0.2) is 25.8 Å². The number of ether oxygens (including phenoxy) is 1. The highest BCUT2D eigenvalue weighted by Gasteiger charge is 2.39. The first-order chi connectivity index (χ1) is 6.90. The van der Waals surface area contributed by atoms with Crippen molar-refractivity contribution in [3.8, 4) is 0 Å². The zero-order valence-electron chi connectivity index (χ0n) is 10.6. The van der Waals surface area contributed by atoms with E-state index in [-0.39, 0.29) is 0 Å². The average molecular weight is 211 g/mol. The molecule has 1 saturated carbocycles. The molecule has 1 aliphatic heterocycles. The summed E-state index contributed by atoms with van der Waals surface area (Å²) in [6, 6.07) is 0.720. The van der Waals surface area contributed by atoms with Gasteiger partial charge < -0.3 is 10.1 Å². The van der Waals surface area contributed by atoms with Crippen molar-refractivity contribution in [2.24, 2.45) is 16.7 Å². The Morgan fingerprint density at radius 3 is 2.27 bits per heavy atom. The molecule has 2 atom stereocenters. The van der Waals surface area contributed by atoms with Crippen LogP contribution in [0.25, 0.3) is 0 Å². The minimum Gasteiger partial charge on any atom is -0.380 e. The largest absolute Gasteiger partial charge is 0.380 e. The third kappa shape index (κ3) is 2.54. The first-order valence-electron chi connectivity index (χ1n) is 6.21. The quantitative estimate of drug-likeness (QED) is 0.774.